The molecular formula is C25H28F3N5O3S. The van der Waals surface area contributed by atoms with Gasteiger partial charge in [-0.25, -0.2) is 9.97 Å². The summed E-state index contributed by atoms with van der Waals surface area (Å²) in [6.45, 7) is 3.20. The molecule has 0 bridgehead atoms. The van der Waals surface area contributed by atoms with Crippen LogP contribution in [0.5, 0.6) is 5.75 Å². The molecule has 2 unspecified atom stereocenters. The van der Waals surface area contributed by atoms with Crippen LogP contribution in [0.4, 0.5) is 24.1 Å². The lowest BCUT2D eigenvalue weighted by atomic mass is 9.89. The van der Waals surface area contributed by atoms with Crippen LogP contribution in [0.2, 0.25) is 0 Å². The fraction of sp³-hybridized carbons (Fsp3) is 0.440. The van der Waals surface area contributed by atoms with Crippen LogP contribution in [0.15, 0.2) is 36.0 Å². The van der Waals surface area contributed by atoms with E-state index in [2.05, 4.69) is 25.2 Å². The molecule has 12 heteroatoms. The normalized spacial score (nSPS) is 18.0. The third kappa shape index (κ3) is 6.48. The highest BCUT2D eigenvalue weighted by molar-refractivity contribution is 7.14. The monoisotopic (exact) mass is 535 g/mol. The Labute approximate surface area is 216 Å². The number of aliphatic carboxylic acids is 1. The van der Waals surface area contributed by atoms with Crippen molar-refractivity contribution >= 4 is 28.3 Å². The quantitative estimate of drug-likeness (QED) is 0.378. The number of hydrogen-bond acceptors (Lipinski definition) is 8. The summed E-state index contributed by atoms with van der Waals surface area (Å²) in [5.74, 6) is -0.199. The predicted octanol–water partition coefficient (Wildman–Crippen LogP) is 5.36. The molecule has 2 N–H and O–H groups in total. The maximum atomic E-state index is 13.2. The lowest BCUT2D eigenvalue weighted by Gasteiger charge is -2.38. The van der Waals surface area contributed by atoms with Crippen LogP contribution in [0.1, 0.15) is 37.4 Å². The van der Waals surface area contributed by atoms with Crippen molar-refractivity contribution in [1.29, 1.82) is 0 Å². The molecule has 3 heterocycles. The minimum absolute atomic E-state index is 0.117. The first-order valence-electron chi connectivity index (χ1n) is 11.9. The molecule has 0 amide bonds. The van der Waals surface area contributed by atoms with Gasteiger partial charge in [0, 0.05) is 36.5 Å². The van der Waals surface area contributed by atoms with Crippen molar-refractivity contribution in [3.63, 3.8) is 0 Å². The van der Waals surface area contributed by atoms with Crippen LogP contribution in [0.25, 0.3) is 11.3 Å². The van der Waals surface area contributed by atoms with E-state index >= 15 is 0 Å². The zero-order chi connectivity index (χ0) is 26.6. The molecule has 2 atom stereocenters. The van der Waals surface area contributed by atoms with E-state index in [9.17, 15) is 23.1 Å². The summed E-state index contributed by atoms with van der Waals surface area (Å²) >= 11 is 1.30. The van der Waals surface area contributed by atoms with Crippen LogP contribution in [-0.4, -0.2) is 52.3 Å². The van der Waals surface area contributed by atoms with Gasteiger partial charge < -0.3 is 20.1 Å². The molecule has 198 valence electrons. The molecule has 1 aromatic carbocycles. The number of carbonyl (C=O) groups is 1. The van der Waals surface area contributed by atoms with E-state index < -0.39 is 17.7 Å². The highest BCUT2D eigenvalue weighted by Crippen LogP contribution is 2.36. The molecular weight excluding hydrogens is 507 g/mol. The van der Waals surface area contributed by atoms with E-state index in [1.54, 1.807) is 17.8 Å². The molecule has 1 saturated heterocycles. The predicted molar refractivity (Wildman–Crippen MR) is 135 cm³/mol. The van der Waals surface area contributed by atoms with Crippen LogP contribution in [-0.2, 0) is 17.4 Å². The molecule has 0 spiro atoms. The standard InChI is InChI=1S/C25H28F3N5O3S/c1-3-19-9-15(23(34)35)5-7-33(19)22-13-30-18(12-31-22)4-6-29-24-32-21(14-37-24)16-8-17(25(26,27)28)11-20(10-16)36-2/h8,10-15,19H,3-7,9H2,1-2H3,(H,29,32)(H,34,35). The van der Waals surface area contributed by atoms with E-state index in [0.29, 0.717) is 48.7 Å². The number of hydrogen-bond donors (Lipinski definition) is 2. The van der Waals surface area contributed by atoms with E-state index in [0.717, 1.165) is 30.1 Å². The number of carboxylic acids is 1. The highest BCUT2D eigenvalue weighted by Gasteiger charge is 2.33. The number of alkyl halides is 3. The van der Waals surface area contributed by atoms with Crippen molar-refractivity contribution < 1.29 is 27.8 Å². The maximum Gasteiger partial charge on any atom is 0.416 e. The van der Waals surface area contributed by atoms with Crippen molar-refractivity contribution in [3.05, 3.63) is 47.2 Å². The second-order valence-corrected chi connectivity index (χ2v) is 9.70. The number of aromatic nitrogens is 3. The Morgan fingerprint density at radius 2 is 2.08 bits per heavy atom. The minimum atomic E-state index is -4.48. The maximum absolute atomic E-state index is 13.2. The van der Waals surface area contributed by atoms with Crippen LogP contribution >= 0.6 is 11.3 Å². The van der Waals surface area contributed by atoms with Gasteiger partial charge in [0.1, 0.15) is 11.6 Å². The summed E-state index contributed by atoms with van der Waals surface area (Å²) in [5, 5.41) is 14.8. The van der Waals surface area contributed by atoms with Crippen molar-refractivity contribution in [3.8, 4) is 17.0 Å². The Bertz CT molecular complexity index is 1220. The molecule has 37 heavy (non-hydrogen) atoms. The number of carboxylic acid groups (broad SMARTS) is 1. The molecule has 0 saturated carbocycles. The average Bonchev–Trinajstić information content (AvgIpc) is 3.37. The summed E-state index contributed by atoms with van der Waals surface area (Å²) in [7, 11) is 1.33. The van der Waals surface area contributed by atoms with Gasteiger partial charge in [-0.15, -0.1) is 11.3 Å². The Kier molecular flexibility index (Phi) is 8.16. The van der Waals surface area contributed by atoms with E-state index in [4.69, 9.17) is 4.74 Å². The molecule has 1 aliphatic rings. The second-order valence-electron chi connectivity index (χ2n) is 8.84. The van der Waals surface area contributed by atoms with Gasteiger partial charge in [0.15, 0.2) is 5.13 Å². The second kappa shape index (κ2) is 11.3. The molecule has 1 aliphatic heterocycles. The Morgan fingerprint density at radius 1 is 1.27 bits per heavy atom. The number of piperidine rings is 1. The van der Waals surface area contributed by atoms with Crippen molar-refractivity contribution in [2.75, 3.05) is 30.4 Å². The number of benzene rings is 1. The fourth-order valence-electron chi connectivity index (χ4n) is 4.40. The van der Waals surface area contributed by atoms with Crippen molar-refractivity contribution in [2.24, 2.45) is 5.92 Å². The molecule has 3 aromatic rings. The van der Waals surface area contributed by atoms with E-state index in [1.807, 2.05) is 6.92 Å². The average molecular weight is 536 g/mol. The highest BCUT2D eigenvalue weighted by atomic mass is 32.1. The van der Waals surface area contributed by atoms with Crippen LogP contribution < -0.4 is 15.0 Å². The number of anilines is 2. The zero-order valence-corrected chi connectivity index (χ0v) is 21.3. The van der Waals surface area contributed by atoms with Gasteiger partial charge in [-0.05, 0) is 37.5 Å². The van der Waals surface area contributed by atoms with Gasteiger partial charge >= 0.3 is 12.1 Å². The largest absolute Gasteiger partial charge is 0.497 e. The molecule has 0 aliphatic carbocycles. The number of rotatable bonds is 9. The fourth-order valence-corrected chi connectivity index (χ4v) is 5.15. The lowest BCUT2D eigenvalue weighted by molar-refractivity contribution is -0.142. The van der Waals surface area contributed by atoms with Gasteiger partial charge in [-0.1, -0.05) is 6.92 Å². The van der Waals surface area contributed by atoms with Crippen LogP contribution in [0.3, 0.4) is 0 Å². The van der Waals surface area contributed by atoms with Crippen LogP contribution in [0, 0.1) is 5.92 Å². The topological polar surface area (TPSA) is 100 Å². The summed E-state index contributed by atoms with van der Waals surface area (Å²) in [4.78, 5) is 27.0. The van der Waals surface area contributed by atoms with Gasteiger partial charge in [0.05, 0.1) is 42.4 Å². The van der Waals surface area contributed by atoms with E-state index in [1.165, 1.54) is 24.5 Å². The zero-order valence-electron chi connectivity index (χ0n) is 20.5. The van der Waals surface area contributed by atoms with Crippen molar-refractivity contribution in [2.45, 2.75) is 44.8 Å². The third-order valence-electron chi connectivity index (χ3n) is 6.45. The molecule has 8 nitrogen and oxygen atoms in total. The first-order chi connectivity index (χ1) is 17.7. The Balaban J connectivity index is 1.34. The minimum Gasteiger partial charge on any atom is -0.497 e. The lowest BCUT2D eigenvalue weighted by Crippen LogP contribution is -2.44. The number of ether oxygens (including phenoxy) is 1. The summed E-state index contributed by atoms with van der Waals surface area (Å²) < 4.78 is 44.7. The molecule has 4 rings (SSSR count). The number of nitrogens with zero attached hydrogens (tertiary/aromatic N) is 4. The van der Waals surface area contributed by atoms with Gasteiger partial charge in [-0.2, -0.15) is 13.2 Å². The first kappa shape index (κ1) is 26.6. The molecule has 0 radical (unpaired) electrons. The smallest absolute Gasteiger partial charge is 0.416 e. The SMILES string of the molecule is CCC1CC(C(=O)O)CCN1c1cnc(CCNc2nc(-c3cc(OC)cc(C(F)(F)F)c3)cs2)cn1. The number of methoxy groups -OCH3 is 1. The van der Waals surface area contributed by atoms with Gasteiger partial charge in [0.2, 0.25) is 0 Å². The third-order valence-corrected chi connectivity index (χ3v) is 7.25. The van der Waals surface area contributed by atoms with E-state index in [-0.39, 0.29) is 17.7 Å². The van der Waals surface area contributed by atoms with Gasteiger partial charge in [-0.3, -0.25) is 9.78 Å². The Hall–Kier alpha value is -3.41. The molecule has 1 fully saturated rings. The van der Waals surface area contributed by atoms with Crippen molar-refractivity contribution in [1.82, 2.24) is 15.0 Å². The first-order valence-corrected chi connectivity index (χ1v) is 12.8. The summed E-state index contributed by atoms with van der Waals surface area (Å²) in [6, 6.07) is 3.67. The number of nitrogens with one attached hydrogen (secondary N) is 1. The molecule has 2 aromatic heterocycles. The number of halogens is 3. The number of thiazole rings is 1. The Morgan fingerprint density at radius 3 is 2.73 bits per heavy atom. The summed E-state index contributed by atoms with van der Waals surface area (Å²) in [5.41, 5.74) is 0.750. The van der Waals surface area contributed by atoms with Gasteiger partial charge in [0.25, 0.3) is 0 Å². The summed E-state index contributed by atoms with van der Waals surface area (Å²) in [6.07, 6.45) is 1.56.